The van der Waals surface area contributed by atoms with Crippen molar-refractivity contribution in [2.24, 2.45) is 5.92 Å². The smallest absolute Gasteiger partial charge is 0.0896 e. The van der Waals surface area contributed by atoms with Crippen molar-refractivity contribution in [3.8, 4) is 0 Å². The van der Waals surface area contributed by atoms with Crippen molar-refractivity contribution in [2.45, 2.75) is 51.0 Å². The highest BCUT2D eigenvalue weighted by atomic mass is 79.9. The predicted molar refractivity (Wildman–Crippen MR) is 72.8 cm³/mol. The lowest BCUT2D eigenvalue weighted by Crippen LogP contribution is -2.06. The van der Waals surface area contributed by atoms with Crippen molar-refractivity contribution in [1.82, 2.24) is 0 Å². The molecule has 3 heteroatoms. The average Bonchev–Trinajstić information content (AvgIpc) is 2.53. The molecule has 90 valence electrons. The lowest BCUT2D eigenvalue weighted by molar-refractivity contribution is 0.142. The van der Waals surface area contributed by atoms with Crippen molar-refractivity contribution in [1.29, 1.82) is 0 Å². The first kappa shape index (κ1) is 12.6. The summed E-state index contributed by atoms with van der Waals surface area (Å²) < 4.78 is 1.07. The van der Waals surface area contributed by atoms with Crippen molar-refractivity contribution >= 4 is 27.3 Å². The fourth-order valence-corrected chi connectivity index (χ4v) is 4.20. The summed E-state index contributed by atoms with van der Waals surface area (Å²) in [5.41, 5.74) is 0. The number of rotatable bonds is 3. The van der Waals surface area contributed by atoms with E-state index >= 15 is 0 Å². The molecule has 1 aromatic rings. The van der Waals surface area contributed by atoms with Gasteiger partial charge in [0.25, 0.3) is 0 Å². The Morgan fingerprint density at radius 1 is 1.31 bits per heavy atom. The fourth-order valence-electron chi connectivity index (χ4n) is 2.57. The highest BCUT2D eigenvalue weighted by Gasteiger charge is 2.19. The Balaban J connectivity index is 1.91. The molecule has 0 radical (unpaired) electrons. The summed E-state index contributed by atoms with van der Waals surface area (Å²) in [5, 5.41) is 12.3. The van der Waals surface area contributed by atoms with Crippen LogP contribution in [0.5, 0.6) is 0 Å². The van der Waals surface area contributed by atoms with Gasteiger partial charge in [-0.2, -0.15) is 0 Å². The lowest BCUT2D eigenvalue weighted by Gasteiger charge is -2.17. The van der Waals surface area contributed by atoms with Crippen molar-refractivity contribution in [3.05, 3.63) is 20.8 Å². The number of aliphatic hydroxyl groups is 1. The predicted octanol–water partition coefficient (Wildman–Crippen LogP) is 4.90. The summed E-state index contributed by atoms with van der Waals surface area (Å²) in [4.78, 5) is 1.10. The van der Waals surface area contributed by atoms with E-state index in [4.69, 9.17) is 0 Å². The molecule has 1 aliphatic rings. The van der Waals surface area contributed by atoms with E-state index in [2.05, 4.69) is 15.9 Å². The largest absolute Gasteiger partial charge is 0.388 e. The Bertz CT molecular complexity index is 315. The second-order valence-corrected chi connectivity index (χ2v) is 6.54. The molecule has 1 saturated carbocycles. The van der Waals surface area contributed by atoms with Gasteiger partial charge in [-0.05, 0) is 39.7 Å². The molecule has 1 unspecified atom stereocenters. The minimum Gasteiger partial charge on any atom is -0.388 e. The molecule has 2 rings (SSSR count). The van der Waals surface area contributed by atoms with Gasteiger partial charge in [-0.1, -0.05) is 38.5 Å². The third-order valence-corrected chi connectivity index (χ3v) is 5.45. The first-order valence-corrected chi connectivity index (χ1v) is 7.85. The highest BCUT2D eigenvalue weighted by Crippen LogP contribution is 2.36. The van der Waals surface area contributed by atoms with Gasteiger partial charge in [0.05, 0.1) is 6.10 Å². The van der Waals surface area contributed by atoms with Crippen LogP contribution < -0.4 is 0 Å². The first-order valence-electron chi connectivity index (χ1n) is 6.18. The second-order valence-electron chi connectivity index (χ2n) is 4.74. The van der Waals surface area contributed by atoms with Gasteiger partial charge in [-0.3, -0.25) is 0 Å². The zero-order chi connectivity index (χ0) is 11.4. The monoisotopic (exact) mass is 302 g/mol. The molecule has 0 spiro atoms. The van der Waals surface area contributed by atoms with Gasteiger partial charge < -0.3 is 5.11 Å². The maximum absolute atomic E-state index is 10.2. The summed E-state index contributed by atoms with van der Waals surface area (Å²) in [6, 6.07) is 2.02. The van der Waals surface area contributed by atoms with Crippen LogP contribution in [-0.4, -0.2) is 5.11 Å². The van der Waals surface area contributed by atoms with Crippen LogP contribution in [0.1, 0.15) is 55.9 Å². The summed E-state index contributed by atoms with van der Waals surface area (Å²) in [6.07, 6.45) is 8.76. The van der Waals surface area contributed by atoms with Crippen LogP contribution >= 0.6 is 27.3 Å². The maximum Gasteiger partial charge on any atom is 0.0896 e. The molecule has 1 atom stereocenters. The molecule has 0 saturated heterocycles. The maximum atomic E-state index is 10.2. The molecule has 0 aromatic carbocycles. The van der Waals surface area contributed by atoms with Crippen LogP contribution in [0, 0.1) is 5.92 Å². The van der Waals surface area contributed by atoms with Crippen molar-refractivity contribution < 1.29 is 5.11 Å². The normalized spacial score (nSPS) is 20.6. The van der Waals surface area contributed by atoms with Gasteiger partial charge in [-0.15, -0.1) is 11.3 Å². The van der Waals surface area contributed by atoms with E-state index in [-0.39, 0.29) is 6.10 Å². The molecule has 1 N–H and O–H groups in total. The van der Waals surface area contributed by atoms with Crippen LogP contribution in [0.2, 0.25) is 0 Å². The third kappa shape index (κ3) is 3.31. The molecule has 16 heavy (non-hydrogen) atoms. The number of hydrogen-bond acceptors (Lipinski definition) is 2. The quantitative estimate of drug-likeness (QED) is 0.787. The number of halogens is 1. The van der Waals surface area contributed by atoms with Crippen LogP contribution in [-0.2, 0) is 0 Å². The standard InChI is InChI=1S/C13H19BrOS/c14-11-7-8-16-13(11)12(15)9-10-5-3-1-2-4-6-10/h7-8,10,12,15H,1-6,9H2. The molecule has 0 amide bonds. The van der Waals surface area contributed by atoms with Gasteiger partial charge in [0.1, 0.15) is 0 Å². The average molecular weight is 303 g/mol. The number of aliphatic hydroxyl groups excluding tert-OH is 1. The van der Waals surface area contributed by atoms with E-state index in [9.17, 15) is 5.11 Å². The molecule has 1 heterocycles. The summed E-state index contributed by atoms with van der Waals surface area (Å²) in [7, 11) is 0. The van der Waals surface area contributed by atoms with Crippen LogP contribution in [0.3, 0.4) is 0 Å². The Morgan fingerprint density at radius 2 is 2.00 bits per heavy atom. The van der Waals surface area contributed by atoms with Gasteiger partial charge >= 0.3 is 0 Å². The molecular weight excluding hydrogens is 284 g/mol. The first-order chi connectivity index (χ1) is 7.77. The second kappa shape index (κ2) is 6.18. The van der Waals surface area contributed by atoms with E-state index in [1.807, 2.05) is 11.4 Å². The van der Waals surface area contributed by atoms with Crippen LogP contribution in [0.4, 0.5) is 0 Å². The molecule has 1 aliphatic carbocycles. The molecule has 1 fully saturated rings. The Kier molecular flexibility index (Phi) is 4.86. The Labute approximate surface area is 110 Å². The van der Waals surface area contributed by atoms with E-state index < -0.39 is 0 Å². The lowest BCUT2D eigenvalue weighted by atomic mass is 9.93. The van der Waals surface area contributed by atoms with E-state index in [0.29, 0.717) is 0 Å². The molecule has 0 bridgehead atoms. The van der Waals surface area contributed by atoms with Crippen LogP contribution in [0.25, 0.3) is 0 Å². The van der Waals surface area contributed by atoms with Gasteiger partial charge in [0.2, 0.25) is 0 Å². The molecule has 1 aromatic heterocycles. The molecule has 0 aliphatic heterocycles. The minimum absolute atomic E-state index is 0.266. The molecular formula is C13H19BrOS. The topological polar surface area (TPSA) is 20.2 Å². The zero-order valence-corrected chi connectivity index (χ0v) is 11.9. The van der Waals surface area contributed by atoms with E-state index in [1.54, 1.807) is 11.3 Å². The molecule has 1 nitrogen and oxygen atoms in total. The fraction of sp³-hybridized carbons (Fsp3) is 0.692. The zero-order valence-electron chi connectivity index (χ0n) is 9.49. The van der Waals surface area contributed by atoms with Gasteiger partial charge in [-0.25, -0.2) is 0 Å². The van der Waals surface area contributed by atoms with E-state index in [1.165, 1.54) is 38.5 Å². The number of thiophene rings is 1. The highest BCUT2D eigenvalue weighted by molar-refractivity contribution is 9.10. The van der Waals surface area contributed by atoms with Crippen molar-refractivity contribution in [2.75, 3.05) is 0 Å². The Morgan fingerprint density at radius 3 is 2.56 bits per heavy atom. The third-order valence-electron chi connectivity index (χ3n) is 3.48. The summed E-state index contributed by atoms with van der Waals surface area (Å²) >= 11 is 5.15. The van der Waals surface area contributed by atoms with Gasteiger partial charge in [0, 0.05) is 9.35 Å². The van der Waals surface area contributed by atoms with E-state index in [0.717, 1.165) is 21.7 Å². The number of hydrogen-bond donors (Lipinski definition) is 1. The van der Waals surface area contributed by atoms with Crippen molar-refractivity contribution in [3.63, 3.8) is 0 Å². The SMILES string of the molecule is OC(CC1CCCCCC1)c1sccc1Br. The summed E-state index contributed by atoms with van der Waals surface area (Å²) in [6.45, 7) is 0. The van der Waals surface area contributed by atoms with Gasteiger partial charge in [0.15, 0.2) is 0 Å². The summed E-state index contributed by atoms with van der Waals surface area (Å²) in [5.74, 6) is 0.728. The van der Waals surface area contributed by atoms with Crippen LogP contribution in [0.15, 0.2) is 15.9 Å². The minimum atomic E-state index is -0.266. The Hall–Kier alpha value is 0.140.